The van der Waals surface area contributed by atoms with E-state index < -0.39 is 0 Å². The van der Waals surface area contributed by atoms with Crippen LogP contribution in [0, 0.1) is 5.41 Å². The summed E-state index contributed by atoms with van der Waals surface area (Å²) in [4.78, 5) is 4.47. The molecule has 0 aromatic rings. The third kappa shape index (κ3) is 5.62. The van der Waals surface area contributed by atoms with Crippen LogP contribution in [0.3, 0.4) is 0 Å². The first-order valence-corrected chi connectivity index (χ1v) is 4.96. The van der Waals surface area contributed by atoms with E-state index in [2.05, 4.69) is 59.5 Å². The lowest BCUT2D eigenvalue weighted by atomic mass is 9.87. The molecule has 13 heavy (non-hydrogen) atoms. The molecule has 0 unspecified atom stereocenters. The Morgan fingerprint density at radius 1 is 1.15 bits per heavy atom. The van der Waals surface area contributed by atoms with Gasteiger partial charge in [0.15, 0.2) is 0 Å². The number of hydrogen-bond acceptors (Lipinski definition) is 1. The van der Waals surface area contributed by atoms with Crippen molar-refractivity contribution in [2.45, 2.75) is 54.5 Å². The minimum Gasteiger partial charge on any atom is -0.287 e. The summed E-state index contributed by atoms with van der Waals surface area (Å²) in [7, 11) is 0. The topological polar surface area (TPSA) is 12.4 Å². The summed E-state index contributed by atoms with van der Waals surface area (Å²) in [5.41, 5.74) is 2.77. The molecule has 0 bridgehead atoms. The van der Waals surface area contributed by atoms with Gasteiger partial charge in [0.05, 0.1) is 0 Å². The highest BCUT2D eigenvalue weighted by atomic mass is 14.8. The van der Waals surface area contributed by atoms with Crippen molar-refractivity contribution in [1.82, 2.24) is 0 Å². The Labute approximate surface area is 83.0 Å². The molecule has 0 N–H and O–H groups in total. The lowest BCUT2D eigenvalue weighted by Gasteiger charge is -2.19. The van der Waals surface area contributed by atoms with Crippen LogP contribution < -0.4 is 0 Å². The molecule has 0 aromatic heterocycles. The number of aliphatic imine (C=N–C) groups is 1. The van der Waals surface area contributed by atoms with Gasteiger partial charge in [0.2, 0.25) is 0 Å². The Bertz CT molecular complexity index is 214. The zero-order valence-corrected chi connectivity index (χ0v) is 10.1. The molecular weight excluding hydrogens is 158 g/mol. The third-order valence-electron chi connectivity index (χ3n) is 2.07. The van der Waals surface area contributed by atoms with Gasteiger partial charge in [-0.05, 0) is 39.2 Å². The van der Waals surface area contributed by atoms with E-state index in [-0.39, 0.29) is 5.41 Å². The summed E-state index contributed by atoms with van der Waals surface area (Å²) in [6, 6.07) is 0.393. The second-order valence-electron chi connectivity index (χ2n) is 4.94. The van der Waals surface area contributed by atoms with Crippen LogP contribution in [0.25, 0.3) is 0 Å². The molecule has 0 atom stereocenters. The summed E-state index contributed by atoms with van der Waals surface area (Å²) in [5.74, 6) is 0. The van der Waals surface area contributed by atoms with Crippen molar-refractivity contribution in [2.75, 3.05) is 0 Å². The van der Waals surface area contributed by atoms with Crippen molar-refractivity contribution in [1.29, 1.82) is 0 Å². The Balaban J connectivity index is 4.58. The van der Waals surface area contributed by atoms with Crippen LogP contribution in [0.1, 0.15) is 48.5 Å². The molecule has 1 nitrogen and oxygen atoms in total. The van der Waals surface area contributed by atoms with Crippen molar-refractivity contribution in [3.05, 3.63) is 11.6 Å². The number of rotatable bonds is 2. The maximum Gasteiger partial charge on any atom is 0.0446 e. The van der Waals surface area contributed by atoms with Gasteiger partial charge in [-0.1, -0.05) is 26.3 Å². The van der Waals surface area contributed by atoms with E-state index in [1.54, 1.807) is 0 Å². The fourth-order valence-electron chi connectivity index (χ4n) is 0.974. The average Bonchev–Trinajstić information content (AvgIpc) is 1.82. The smallest absolute Gasteiger partial charge is 0.0446 e. The van der Waals surface area contributed by atoms with Gasteiger partial charge in [0.25, 0.3) is 0 Å². The van der Waals surface area contributed by atoms with E-state index >= 15 is 0 Å². The molecule has 0 saturated heterocycles. The van der Waals surface area contributed by atoms with Gasteiger partial charge >= 0.3 is 0 Å². The van der Waals surface area contributed by atoms with Crippen LogP contribution in [0.15, 0.2) is 16.6 Å². The fourth-order valence-corrected chi connectivity index (χ4v) is 0.974. The summed E-state index contributed by atoms with van der Waals surface area (Å²) in [6.07, 6.45) is 2.18. The second kappa shape index (κ2) is 4.59. The molecule has 0 radical (unpaired) electrons. The van der Waals surface area contributed by atoms with Crippen molar-refractivity contribution >= 4 is 5.71 Å². The van der Waals surface area contributed by atoms with E-state index in [0.717, 1.165) is 5.71 Å². The van der Waals surface area contributed by atoms with Gasteiger partial charge in [-0.3, -0.25) is 4.99 Å². The van der Waals surface area contributed by atoms with Gasteiger partial charge in [-0.2, -0.15) is 0 Å². The van der Waals surface area contributed by atoms with Gasteiger partial charge in [0.1, 0.15) is 0 Å². The molecule has 0 heterocycles. The third-order valence-corrected chi connectivity index (χ3v) is 2.07. The maximum atomic E-state index is 4.47. The minimum absolute atomic E-state index is 0.258. The zero-order valence-electron chi connectivity index (χ0n) is 10.1. The number of hydrogen-bond donors (Lipinski definition) is 0. The summed E-state index contributed by atoms with van der Waals surface area (Å²) in [5, 5.41) is 0. The monoisotopic (exact) mass is 181 g/mol. The molecule has 0 rings (SSSR count). The normalized spacial score (nSPS) is 15.4. The van der Waals surface area contributed by atoms with Gasteiger partial charge in [-0.15, -0.1) is 0 Å². The summed E-state index contributed by atoms with van der Waals surface area (Å²) in [6.45, 7) is 15.1. The van der Waals surface area contributed by atoms with Gasteiger partial charge < -0.3 is 0 Å². The molecule has 0 fully saturated rings. The Kier molecular flexibility index (Phi) is 4.38. The van der Waals surface area contributed by atoms with E-state index in [9.17, 15) is 0 Å². The second-order valence-corrected chi connectivity index (χ2v) is 4.94. The van der Waals surface area contributed by atoms with Gasteiger partial charge in [0, 0.05) is 11.8 Å². The quantitative estimate of drug-likeness (QED) is 0.574. The molecular formula is C12H23N. The maximum absolute atomic E-state index is 4.47. The first-order valence-electron chi connectivity index (χ1n) is 4.96. The van der Waals surface area contributed by atoms with E-state index in [4.69, 9.17) is 0 Å². The molecule has 0 amide bonds. The molecule has 1 heteroatoms. The van der Waals surface area contributed by atoms with Crippen molar-refractivity contribution < 1.29 is 0 Å². The first kappa shape index (κ1) is 12.4. The summed E-state index contributed by atoms with van der Waals surface area (Å²) < 4.78 is 0. The fraction of sp³-hybridized carbons (Fsp3) is 0.750. The molecule has 0 aliphatic heterocycles. The largest absolute Gasteiger partial charge is 0.287 e. The molecule has 0 saturated carbocycles. The molecule has 0 aliphatic rings. The summed E-state index contributed by atoms with van der Waals surface area (Å²) >= 11 is 0. The average molecular weight is 181 g/mol. The first-order chi connectivity index (χ1) is 5.73. The van der Waals surface area contributed by atoms with E-state index in [1.807, 2.05) is 0 Å². The molecule has 0 spiro atoms. The van der Waals surface area contributed by atoms with Crippen LogP contribution in [-0.4, -0.2) is 11.8 Å². The van der Waals surface area contributed by atoms with Crippen LogP contribution in [0.2, 0.25) is 0 Å². The SMILES string of the molecule is CC(/C=C(\C)C(C)(C)C)=NC(C)C. The minimum atomic E-state index is 0.258. The number of nitrogens with zero attached hydrogens (tertiary/aromatic N) is 1. The Morgan fingerprint density at radius 3 is 1.92 bits per heavy atom. The zero-order chi connectivity index (χ0) is 10.6. The number of allylic oxidation sites excluding steroid dienone is 2. The van der Waals surface area contributed by atoms with Crippen LogP contribution in [0.5, 0.6) is 0 Å². The van der Waals surface area contributed by atoms with Crippen LogP contribution in [0.4, 0.5) is 0 Å². The van der Waals surface area contributed by atoms with Gasteiger partial charge in [-0.25, -0.2) is 0 Å². The lowest BCUT2D eigenvalue weighted by molar-refractivity contribution is 0.504. The molecule has 0 aliphatic carbocycles. The van der Waals surface area contributed by atoms with Crippen LogP contribution in [-0.2, 0) is 0 Å². The van der Waals surface area contributed by atoms with E-state index in [0.29, 0.717) is 6.04 Å². The molecule has 76 valence electrons. The highest BCUT2D eigenvalue weighted by molar-refractivity contribution is 5.93. The Hall–Kier alpha value is -0.590. The van der Waals surface area contributed by atoms with Crippen molar-refractivity contribution in [3.8, 4) is 0 Å². The van der Waals surface area contributed by atoms with E-state index in [1.165, 1.54) is 5.57 Å². The molecule has 0 aromatic carbocycles. The predicted molar refractivity (Wildman–Crippen MR) is 61.5 cm³/mol. The highest BCUT2D eigenvalue weighted by Crippen LogP contribution is 2.24. The van der Waals surface area contributed by atoms with Crippen molar-refractivity contribution in [2.24, 2.45) is 10.4 Å². The lowest BCUT2D eigenvalue weighted by Crippen LogP contribution is -2.08. The predicted octanol–water partition coefficient (Wildman–Crippen LogP) is 3.85. The van der Waals surface area contributed by atoms with Crippen molar-refractivity contribution in [3.63, 3.8) is 0 Å². The standard InChI is InChI=1S/C12H23N/c1-9(2)13-11(4)8-10(3)12(5,6)7/h8-9H,1-7H3/b10-8+,13-11?. The highest BCUT2D eigenvalue weighted by Gasteiger charge is 2.12. The van der Waals surface area contributed by atoms with Crippen LogP contribution >= 0.6 is 0 Å². The Morgan fingerprint density at radius 2 is 1.62 bits per heavy atom.